The molecule has 184 valence electrons. The van der Waals surface area contributed by atoms with Gasteiger partial charge in [0.1, 0.15) is 5.82 Å². The van der Waals surface area contributed by atoms with Crippen molar-refractivity contribution < 1.29 is 24.3 Å². The summed E-state index contributed by atoms with van der Waals surface area (Å²) in [6.07, 6.45) is -0.0831. The molecule has 0 spiro atoms. The fraction of sp³-hybridized carbons (Fsp3) is 0.304. The van der Waals surface area contributed by atoms with Crippen molar-refractivity contribution in [3.63, 3.8) is 0 Å². The molecule has 0 saturated heterocycles. The highest BCUT2D eigenvalue weighted by molar-refractivity contribution is 9.10. The summed E-state index contributed by atoms with van der Waals surface area (Å²) in [5, 5.41) is 25.5. The van der Waals surface area contributed by atoms with E-state index >= 15 is 0 Å². The van der Waals surface area contributed by atoms with Crippen LogP contribution in [0.25, 0.3) is 10.9 Å². The van der Waals surface area contributed by atoms with E-state index in [9.17, 15) is 19.7 Å². The summed E-state index contributed by atoms with van der Waals surface area (Å²) in [5.41, 5.74) is -0.727. The molecule has 3 aromatic rings. The highest BCUT2D eigenvalue weighted by atomic mass is 79.9. The molecule has 2 aromatic carbocycles. The SMILES string of the molecule is COc1cc(C=Nn2c(C(C)(C)C)nc3ccc(Br)cc3c2=O)cc([N+](=O)[O-])c1O[C@@H](C)C(=O)O. The van der Waals surface area contributed by atoms with E-state index in [1.54, 1.807) is 18.2 Å². The third-order valence-electron chi connectivity index (χ3n) is 4.92. The molecular formula is C23H23BrN4O7. The first kappa shape index (κ1) is 25.8. The number of nitrogens with zero attached hydrogens (tertiary/aromatic N) is 4. The number of carbonyl (C=O) groups is 1. The lowest BCUT2D eigenvalue weighted by atomic mass is 9.95. The normalized spacial score (nSPS) is 12.6. The van der Waals surface area contributed by atoms with Gasteiger partial charge in [0.05, 0.1) is 29.2 Å². The van der Waals surface area contributed by atoms with Gasteiger partial charge in [0.15, 0.2) is 11.9 Å². The van der Waals surface area contributed by atoms with Gasteiger partial charge in [0.2, 0.25) is 5.75 Å². The number of nitro benzene ring substituents is 1. The first-order valence-corrected chi connectivity index (χ1v) is 11.2. The van der Waals surface area contributed by atoms with Crippen LogP contribution in [0, 0.1) is 10.1 Å². The molecule has 1 heterocycles. The molecule has 3 rings (SSSR count). The van der Waals surface area contributed by atoms with E-state index in [4.69, 9.17) is 14.6 Å². The number of ether oxygens (including phenoxy) is 2. The molecule has 12 heteroatoms. The zero-order chi connectivity index (χ0) is 26.1. The first-order chi connectivity index (χ1) is 16.3. The van der Waals surface area contributed by atoms with Crippen molar-refractivity contribution in [3.8, 4) is 11.5 Å². The van der Waals surface area contributed by atoms with E-state index in [0.717, 1.165) is 10.7 Å². The predicted octanol–water partition coefficient (Wildman–Crippen LogP) is 4.11. The Hall–Kier alpha value is -3.80. The van der Waals surface area contributed by atoms with Gasteiger partial charge in [-0.3, -0.25) is 14.9 Å². The first-order valence-electron chi connectivity index (χ1n) is 10.4. The van der Waals surface area contributed by atoms with Gasteiger partial charge >= 0.3 is 11.7 Å². The van der Waals surface area contributed by atoms with Crippen LogP contribution < -0.4 is 15.0 Å². The van der Waals surface area contributed by atoms with E-state index in [1.165, 1.54) is 26.3 Å². The number of aliphatic carboxylic acids is 1. The highest BCUT2D eigenvalue weighted by Crippen LogP contribution is 2.38. The van der Waals surface area contributed by atoms with Gasteiger partial charge in [-0.2, -0.15) is 9.78 Å². The summed E-state index contributed by atoms with van der Waals surface area (Å²) in [4.78, 5) is 40.1. The van der Waals surface area contributed by atoms with Crippen molar-refractivity contribution in [1.29, 1.82) is 0 Å². The van der Waals surface area contributed by atoms with Crippen LogP contribution in [-0.4, -0.2) is 45.1 Å². The quantitative estimate of drug-likeness (QED) is 0.264. The number of methoxy groups -OCH3 is 1. The molecule has 0 bridgehead atoms. The minimum atomic E-state index is -1.35. The van der Waals surface area contributed by atoms with Gasteiger partial charge in [0.25, 0.3) is 5.56 Å². The zero-order valence-corrected chi connectivity index (χ0v) is 21.2. The van der Waals surface area contributed by atoms with E-state index in [0.29, 0.717) is 21.2 Å². The maximum atomic E-state index is 13.3. The van der Waals surface area contributed by atoms with Crippen LogP contribution in [0.2, 0.25) is 0 Å². The van der Waals surface area contributed by atoms with E-state index in [1.807, 2.05) is 20.8 Å². The Bertz CT molecular complexity index is 1410. The highest BCUT2D eigenvalue weighted by Gasteiger charge is 2.27. The van der Waals surface area contributed by atoms with Crippen molar-refractivity contribution in [3.05, 3.63) is 66.7 Å². The van der Waals surface area contributed by atoms with E-state index in [-0.39, 0.29) is 17.1 Å². The molecule has 35 heavy (non-hydrogen) atoms. The second-order valence-corrected chi connectivity index (χ2v) is 9.55. The van der Waals surface area contributed by atoms with Crippen LogP contribution >= 0.6 is 15.9 Å². The van der Waals surface area contributed by atoms with Crippen LogP contribution in [0.4, 0.5) is 5.69 Å². The van der Waals surface area contributed by atoms with Gasteiger partial charge in [0, 0.05) is 21.5 Å². The molecule has 0 unspecified atom stereocenters. The summed E-state index contributed by atoms with van der Waals surface area (Å²) in [6, 6.07) is 7.72. The molecule has 0 aliphatic heterocycles. The molecule has 1 aromatic heterocycles. The summed E-state index contributed by atoms with van der Waals surface area (Å²) in [6.45, 7) is 6.89. The topological polar surface area (TPSA) is 146 Å². The van der Waals surface area contributed by atoms with Crippen molar-refractivity contribution >= 4 is 44.7 Å². The average molecular weight is 547 g/mol. The number of aromatic nitrogens is 2. The lowest BCUT2D eigenvalue weighted by Crippen LogP contribution is -2.29. The summed E-state index contributed by atoms with van der Waals surface area (Å²) >= 11 is 3.35. The Morgan fingerprint density at radius 2 is 2.00 bits per heavy atom. The van der Waals surface area contributed by atoms with E-state index in [2.05, 4.69) is 26.0 Å². The minimum absolute atomic E-state index is 0.0577. The molecule has 1 atom stereocenters. The number of fused-ring (bicyclic) bond motifs is 1. The number of halogens is 1. The molecule has 0 radical (unpaired) electrons. The maximum absolute atomic E-state index is 13.3. The minimum Gasteiger partial charge on any atom is -0.493 e. The van der Waals surface area contributed by atoms with Crippen LogP contribution in [0.15, 0.2) is 44.7 Å². The number of hydrogen-bond acceptors (Lipinski definition) is 8. The van der Waals surface area contributed by atoms with E-state index < -0.39 is 33.7 Å². The third kappa shape index (κ3) is 5.48. The Morgan fingerprint density at radius 1 is 1.31 bits per heavy atom. The molecule has 0 aliphatic carbocycles. The Morgan fingerprint density at radius 3 is 2.57 bits per heavy atom. The molecule has 1 N–H and O–H groups in total. The van der Waals surface area contributed by atoms with Gasteiger partial charge in [-0.1, -0.05) is 36.7 Å². The molecule has 0 aliphatic rings. The lowest BCUT2D eigenvalue weighted by molar-refractivity contribution is -0.386. The van der Waals surface area contributed by atoms with Gasteiger partial charge in [-0.05, 0) is 31.2 Å². The van der Waals surface area contributed by atoms with Gasteiger partial charge < -0.3 is 14.6 Å². The number of nitro groups is 1. The van der Waals surface area contributed by atoms with Crippen LogP contribution in [-0.2, 0) is 10.2 Å². The Labute approximate surface area is 208 Å². The average Bonchev–Trinajstić information content (AvgIpc) is 2.78. The molecular weight excluding hydrogens is 524 g/mol. The van der Waals surface area contributed by atoms with Crippen molar-refractivity contribution in [2.24, 2.45) is 5.10 Å². The number of carboxylic acid groups (broad SMARTS) is 1. The molecule has 0 saturated carbocycles. The molecule has 11 nitrogen and oxygen atoms in total. The maximum Gasteiger partial charge on any atom is 0.344 e. The number of hydrogen-bond donors (Lipinski definition) is 1. The second kappa shape index (κ2) is 9.82. The lowest BCUT2D eigenvalue weighted by Gasteiger charge is -2.21. The Kier molecular flexibility index (Phi) is 7.25. The number of benzene rings is 2. The van der Waals surface area contributed by atoms with Crippen LogP contribution in [0.3, 0.4) is 0 Å². The summed E-state index contributed by atoms with van der Waals surface area (Å²) < 4.78 is 12.3. The zero-order valence-electron chi connectivity index (χ0n) is 19.6. The third-order valence-corrected chi connectivity index (χ3v) is 5.41. The number of rotatable bonds is 7. The summed E-state index contributed by atoms with van der Waals surface area (Å²) in [5.74, 6) is -1.28. The molecule has 0 amide bonds. The smallest absolute Gasteiger partial charge is 0.344 e. The van der Waals surface area contributed by atoms with Gasteiger partial charge in [-0.15, -0.1) is 0 Å². The number of carboxylic acids is 1. The largest absolute Gasteiger partial charge is 0.493 e. The van der Waals surface area contributed by atoms with Crippen LogP contribution in [0.5, 0.6) is 11.5 Å². The monoisotopic (exact) mass is 546 g/mol. The predicted molar refractivity (Wildman–Crippen MR) is 133 cm³/mol. The molecule has 0 fully saturated rings. The van der Waals surface area contributed by atoms with Crippen LogP contribution in [0.1, 0.15) is 39.1 Å². The van der Waals surface area contributed by atoms with Gasteiger partial charge in [-0.25, -0.2) is 9.78 Å². The van der Waals surface area contributed by atoms with Crippen molar-refractivity contribution in [2.45, 2.75) is 39.2 Å². The Balaban J connectivity index is 2.19. The fourth-order valence-corrected chi connectivity index (χ4v) is 3.54. The second-order valence-electron chi connectivity index (χ2n) is 8.64. The van der Waals surface area contributed by atoms with Crippen molar-refractivity contribution in [1.82, 2.24) is 9.66 Å². The fourth-order valence-electron chi connectivity index (χ4n) is 3.18. The summed E-state index contributed by atoms with van der Waals surface area (Å²) in [7, 11) is 1.27. The standard InChI is InChI=1S/C23H23BrN4O7/c1-12(21(30)31)35-19-17(28(32)33)8-13(9-18(19)34-5)11-25-27-20(29)15-10-14(24)6-7-16(15)26-22(27)23(2,3)4/h6-12H,1-5H3,(H,30,31)/t12-/m0/s1. The van der Waals surface area contributed by atoms with Crippen molar-refractivity contribution in [2.75, 3.05) is 7.11 Å².